The predicted molar refractivity (Wildman–Crippen MR) is 104 cm³/mol. The van der Waals surface area contributed by atoms with E-state index in [2.05, 4.69) is 5.32 Å². The monoisotopic (exact) mass is 387 g/mol. The number of esters is 1. The summed E-state index contributed by atoms with van der Waals surface area (Å²) in [6.07, 6.45) is -0.616. The summed E-state index contributed by atoms with van der Waals surface area (Å²) in [5.74, 6) is -0.616. The molecule has 2 aromatic carbocycles. The molecule has 0 aromatic heterocycles. The quantitative estimate of drug-likeness (QED) is 0.680. The van der Waals surface area contributed by atoms with Crippen molar-refractivity contribution in [1.82, 2.24) is 5.32 Å². The van der Waals surface area contributed by atoms with E-state index < -0.39 is 23.7 Å². The molecule has 0 aliphatic heterocycles. The first kappa shape index (κ1) is 21.1. The highest BCUT2D eigenvalue weighted by Gasteiger charge is 2.25. The number of aromatic hydroxyl groups is 2. The Hall–Kier alpha value is -3.22. The lowest BCUT2D eigenvalue weighted by Gasteiger charge is -2.22. The number of carbonyl (C=O) groups excluding carboxylic acids is 2. The normalized spacial score (nSPS) is 12.1. The molecule has 1 amide bonds. The van der Waals surface area contributed by atoms with Crippen molar-refractivity contribution >= 4 is 12.1 Å². The summed E-state index contributed by atoms with van der Waals surface area (Å²) >= 11 is 0. The third-order valence-corrected chi connectivity index (χ3v) is 3.87. The van der Waals surface area contributed by atoms with Crippen LogP contribution in [0, 0.1) is 0 Å². The third-order valence-electron chi connectivity index (χ3n) is 3.87. The Morgan fingerprint density at radius 1 is 1.04 bits per heavy atom. The molecule has 0 radical (unpaired) electrons. The second kappa shape index (κ2) is 8.65. The van der Waals surface area contributed by atoms with E-state index in [-0.39, 0.29) is 17.9 Å². The Bertz CT molecular complexity index is 856. The van der Waals surface area contributed by atoms with Crippen LogP contribution in [0.25, 0.3) is 11.1 Å². The van der Waals surface area contributed by atoms with Gasteiger partial charge in [0.15, 0.2) is 0 Å². The second-order valence-electron chi connectivity index (χ2n) is 7.29. The van der Waals surface area contributed by atoms with E-state index in [9.17, 15) is 19.8 Å². The van der Waals surface area contributed by atoms with E-state index in [0.717, 1.165) is 0 Å². The number of hydrogen-bond acceptors (Lipinski definition) is 6. The maximum atomic E-state index is 12.1. The summed E-state index contributed by atoms with van der Waals surface area (Å²) in [7, 11) is 1.23. The van der Waals surface area contributed by atoms with Gasteiger partial charge in [-0.1, -0.05) is 24.3 Å². The zero-order valence-electron chi connectivity index (χ0n) is 16.4. The first-order valence-electron chi connectivity index (χ1n) is 8.78. The fourth-order valence-electron chi connectivity index (χ4n) is 2.65. The topological polar surface area (TPSA) is 105 Å². The number of alkyl carbamates (subject to hydrolysis) is 1. The van der Waals surface area contributed by atoms with Crippen molar-refractivity contribution in [2.75, 3.05) is 7.11 Å². The van der Waals surface area contributed by atoms with Crippen molar-refractivity contribution in [1.29, 1.82) is 0 Å². The minimum atomic E-state index is -0.971. The number of phenols is 2. The zero-order valence-corrected chi connectivity index (χ0v) is 16.4. The molecular weight excluding hydrogens is 362 g/mol. The van der Waals surface area contributed by atoms with Gasteiger partial charge in [-0.25, -0.2) is 9.59 Å². The molecule has 0 spiro atoms. The number of para-hydroxylation sites is 1. The molecule has 0 heterocycles. The minimum absolute atomic E-state index is 0.0139. The molecular formula is C21H25NO6. The van der Waals surface area contributed by atoms with Gasteiger partial charge in [0.25, 0.3) is 0 Å². The smallest absolute Gasteiger partial charge is 0.408 e. The highest BCUT2D eigenvalue weighted by atomic mass is 16.6. The van der Waals surface area contributed by atoms with Crippen LogP contribution in [0.5, 0.6) is 11.5 Å². The number of hydrogen-bond donors (Lipinski definition) is 3. The number of benzene rings is 2. The fraction of sp³-hybridized carbons (Fsp3) is 0.333. The molecule has 0 unspecified atom stereocenters. The SMILES string of the molecule is COC(=O)[C@H](Cc1ccc(O)c(-c2ccccc2O)c1)NC(=O)OC(C)(C)C. The van der Waals surface area contributed by atoms with Gasteiger partial charge in [-0.3, -0.25) is 0 Å². The van der Waals surface area contributed by atoms with Gasteiger partial charge in [0, 0.05) is 17.5 Å². The van der Waals surface area contributed by atoms with Crippen LogP contribution in [0.15, 0.2) is 42.5 Å². The lowest BCUT2D eigenvalue weighted by atomic mass is 9.98. The van der Waals surface area contributed by atoms with E-state index in [1.165, 1.54) is 19.2 Å². The standard InChI is InChI=1S/C21H25NO6/c1-21(2,3)28-20(26)22-16(19(25)27-4)12-13-9-10-18(24)15(11-13)14-7-5-6-8-17(14)23/h5-11,16,23-24H,12H2,1-4H3,(H,22,26)/t16-/m0/s1. The van der Waals surface area contributed by atoms with Crippen LogP contribution >= 0.6 is 0 Å². The van der Waals surface area contributed by atoms with Gasteiger partial charge in [0.05, 0.1) is 7.11 Å². The van der Waals surface area contributed by atoms with Crippen molar-refractivity contribution in [2.45, 2.75) is 38.8 Å². The Kier molecular flexibility index (Phi) is 6.51. The van der Waals surface area contributed by atoms with Crippen molar-refractivity contribution in [2.24, 2.45) is 0 Å². The molecule has 28 heavy (non-hydrogen) atoms. The fourth-order valence-corrected chi connectivity index (χ4v) is 2.65. The van der Waals surface area contributed by atoms with Crippen LogP contribution < -0.4 is 5.32 Å². The molecule has 3 N–H and O–H groups in total. The van der Waals surface area contributed by atoms with Crippen LogP contribution in [0.4, 0.5) is 4.79 Å². The third kappa shape index (κ3) is 5.64. The van der Waals surface area contributed by atoms with Gasteiger partial charge in [-0.2, -0.15) is 0 Å². The number of ether oxygens (including phenoxy) is 2. The summed E-state index contributed by atoms with van der Waals surface area (Å²) in [5, 5.41) is 22.7. The Balaban J connectivity index is 2.27. The molecule has 0 aliphatic carbocycles. The van der Waals surface area contributed by atoms with E-state index >= 15 is 0 Å². The van der Waals surface area contributed by atoms with E-state index in [1.807, 2.05) is 0 Å². The number of methoxy groups -OCH3 is 1. The van der Waals surface area contributed by atoms with Crippen LogP contribution in [0.2, 0.25) is 0 Å². The Morgan fingerprint density at radius 3 is 2.29 bits per heavy atom. The van der Waals surface area contributed by atoms with Crippen molar-refractivity contribution in [3.63, 3.8) is 0 Å². The molecule has 0 saturated heterocycles. The first-order valence-corrected chi connectivity index (χ1v) is 8.78. The number of carbonyl (C=O) groups is 2. The molecule has 0 saturated carbocycles. The lowest BCUT2D eigenvalue weighted by Crippen LogP contribution is -2.45. The van der Waals surface area contributed by atoms with Gasteiger partial charge in [0.2, 0.25) is 0 Å². The minimum Gasteiger partial charge on any atom is -0.507 e. The molecule has 0 aliphatic rings. The Morgan fingerprint density at radius 2 is 1.68 bits per heavy atom. The van der Waals surface area contributed by atoms with Gasteiger partial charge < -0.3 is 25.0 Å². The molecule has 0 fully saturated rings. The average molecular weight is 387 g/mol. The average Bonchev–Trinajstić information content (AvgIpc) is 2.61. The highest BCUT2D eigenvalue weighted by molar-refractivity contribution is 5.82. The number of phenolic OH excluding ortho intramolecular Hbond substituents is 2. The summed E-state index contributed by atoms with van der Waals surface area (Å²) in [6, 6.07) is 10.4. The lowest BCUT2D eigenvalue weighted by molar-refractivity contribution is -0.143. The second-order valence-corrected chi connectivity index (χ2v) is 7.29. The molecule has 150 valence electrons. The van der Waals surface area contributed by atoms with Crippen LogP contribution in [0.3, 0.4) is 0 Å². The maximum Gasteiger partial charge on any atom is 0.408 e. The summed E-state index contributed by atoms with van der Waals surface area (Å²) in [4.78, 5) is 24.2. The van der Waals surface area contributed by atoms with Crippen LogP contribution in [0.1, 0.15) is 26.3 Å². The van der Waals surface area contributed by atoms with Crippen molar-refractivity contribution in [3.8, 4) is 22.6 Å². The molecule has 2 rings (SSSR count). The molecule has 2 aromatic rings. The van der Waals surface area contributed by atoms with E-state index in [4.69, 9.17) is 9.47 Å². The first-order chi connectivity index (χ1) is 13.1. The molecule has 0 bridgehead atoms. The summed E-state index contributed by atoms with van der Waals surface area (Å²) in [6.45, 7) is 5.16. The van der Waals surface area contributed by atoms with Crippen molar-refractivity contribution in [3.05, 3.63) is 48.0 Å². The maximum absolute atomic E-state index is 12.1. The van der Waals surface area contributed by atoms with E-state index in [0.29, 0.717) is 16.7 Å². The predicted octanol–water partition coefficient (Wildman–Crippen LogP) is 3.37. The Labute approximate surface area is 163 Å². The number of rotatable bonds is 5. The molecule has 7 nitrogen and oxygen atoms in total. The summed E-state index contributed by atoms with van der Waals surface area (Å²) in [5.41, 5.74) is 0.817. The van der Waals surface area contributed by atoms with Crippen LogP contribution in [-0.2, 0) is 20.7 Å². The highest BCUT2D eigenvalue weighted by Crippen LogP contribution is 2.35. The van der Waals surface area contributed by atoms with Gasteiger partial charge in [-0.05, 0) is 44.5 Å². The van der Waals surface area contributed by atoms with Crippen molar-refractivity contribution < 1.29 is 29.3 Å². The number of nitrogens with one attached hydrogen (secondary N) is 1. The van der Waals surface area contributed by atoms with E-state index in [1.54, 1.807) is 51.1 Å². The zero-order chi connectivity index (χ0) is 20.9. The summed E-state index contributed by atoms with van der Waals surface area (Å²) < 4.78 is 9.97. The van der Waals surface area contributed by atoms with Gasteiger partial charge in [-0.15, -0.1) is 0 Å². The number of amides is 1. The molecule has 7 heteroatoms. The molecule has 1 atom stereocenters. The van der Waals surface area contributed by atoms with Gasteiger partial charge in [0.1, 0.15) is 23.1 Å². The largest absolute Gasteiger partial charge is 0.507 e. The van der Waals surface area contributed by atoms with Gasteiger partial charge >= 0.3 is 12.1 Å². The van der Waals surface area contributed by atoms with Crippen LogP contribution in [-0.4, -0.2) is 41.0 Å².